The molecule has 0 saturated carbocycles. The molecule has 8 nitrogen and oxygen atoms in total. The van der Waals surface area contributed by atoms with E-state index in [9.17, 15) is 18.4 Å². The lowest BCUT2D eigenvalue weighted by Crippen LogP contribution is -2.39. The molecule has 11 heteroatoms. The van der Waals surface area contributed by atoms with E-state index in [1.807, 2.05) is 6.92 Å². The van der Waals surface area contributed by atoms with E-state index in [-0.39, 0.29) is 39.0 Å². The summed E-state index contributed by atoms with van der Waals surface area (Å²) in [6.07, 6.45) is 3.15. The molecule has 0 atom stereocenters. The maximum atomic E-state index is 13.9. The lowest BCUT2D eigenvalue weighted by atomic mass is 10.2. The summed E-state index contributed by atoms with van der Waals surface area (Å²) in [6.45, 7) is 1.86. The quantitative estimate of drug-likeness (QED) is 0.389. The molecule has 34 heavy (non-hydrogen) atoms. The predicted molar refractivity (Wildman–Crippen MR) is 123 cm³/mol. The SMILES string of the molecule is CCc1cc2c(c(OC)n1)c(=O)n(-c1cnc3cc(F)ccn13)c(=O)n2-c1ccc(F)c(Cl)c1. The van der Waals surface area contributed by atoms with Crippen molar-refractivity contribution in [2.45, 2.75) is 13.3 Å². The lowest BCUT2D eigenvalue weighted by Gasteiger charge is -2.16. The van der Waals surface area contributed by atoms with Gasteiger partial charge in [-0.15, -0.1) is 0 Å². The fourth-order valence-corrected chi connectivity index (χ4v) is 4.02. The molecule has 4 heterocycles. The first kappa shape index (κ1) is 21.8. The summed E-state index contributed by atoms with van der Waals surface area (Å²) in [4.78, 5) is 36.0. The van der Waals surface area contributed by atoms with Crippen molar-refractivity contribution in [2.24, 2.45) is 0 Å². The molecule has 0 spiro atoms. The molecule has 0 aliphatic heterocycles. The molecule has 0 saturated heterocycles. The maximum absolute atomic E-state index is 13.9. The number of hydrogen-bond acceptors (Lipinski definition) is 5. The minimum absolute atomic E-state index is 0.0231. The van der Waals surface area contributed by atoms with Gasteiger partial charge in [0, 0.05) is 18.0 Å². The maximum Gasteiger partial charge on any atom is 0.342 e. The smallest absolute Gasteiger partial charge is 0.342 e. The first-order valence-corrected chi connectivity index (χ1v) is 10.6. The Hall–Kier alpha value is -4.05. The van der Waals surface area contributed by atoms with Gasteiger partial charge in [-0.05, 0) is 36.8 Å². The monoisotopic (exact) mass is 483 g/mol. The predicted octanol–water partition coefficient (Wildman–Crippen LogP) is 3.69. The van der Waals surface area contributed by atoms with Gasteiger partial charge in [0.1, 0.15) is 28.5 Å². The number of hydrogen-bond donors (Lipinski definition) is 0. The zero-order valence-electron chi connectivity index (χ0n) is 17.9. The van der Waals surface area contributed by atoms with Gasteiger partial charge in [-0.25, -0.2) is 28.1 Å². The van der Waals surface area contributed by atoms with Crippen LogP contribution in [0, 0.1) is 11.6 Å². The van der Waals surface area contributed by atoms with Crippen LogP contribution in [0.2, 0.25) is 5.02 Å². The van der Waals surface area contributed by atoms with Gasteiger partial charge in [-0.1, -0.05) is 18.5 Å². The molecule has 0 fully saturated rings. The number of benzene rings is 1. The zero-order valence-corrected chi connectivity index (χ0v) is 18.7. The van der Waals surface area contributed by atoms with E-state index < -0.39 is 22.9 Å². The second-order valence-corrected chi connectivity index (χ2v) is 7.82. The van der Waals surface area contributed by atoms with Gasteiger partial charge in [0.2, 0.25) is 5.88 Å². The average molecular weight is 484 g/mol. The van der Waals surface area contributed by atoms with E-state index in [0.29, 0.717) is 12.1 Å². The minimum atomic E-state index is -0.762. The molecule has 5 aromatic rings. The van der Waals surface area contributed by atoms with Crippen LogP contribution >= 0.6 is 11.6 Å². The van der Waals surface area contributed by atoms with Crippen LogP contribution in [0.5, 0.6) is 5.88 Å². The fourth-order valence-electron chi connectivity index (χ4n) is 3.85. The molecule has 0 N–H and O–H groups in total. The van der Waals surface area contributed by atoms with E-state index in [0.717, 1.165) is 10.6 Å². The molecule has 4 aromatic heterocycles. The minimum Gasteiger partial charge on any atom is -0.480 e. The van der Waals surface area contributed by atoms with Crippen LogP contribution in [0.1, 0.15) is 12.6 Å². The van der Waals surface area contributed by atoms with E-state index in [1.54, 1.807) is 6.07 Å². The Bertz CT molecular complexity index is 1720. The van der Waals surface area contributed by atoms with Crippen molar-refractivity contribution in [1.82, 2.24) is 23.5 Å². The van der Waals surface area contributed by atoms with Gasteiger partial charge < -0.3 is 4.74 Å². The summed E-state index contributed by atoms with van der Waals surface area (Å²) in [7, 11) is 1.37. The Balaban J connectivity index is 1.99. The summed E-state index contributed by atoms with van der Waals surface area (Å²) < 4.78 is 36.5. The van der Waals surface area contributed by atoms with Gasteiger partial charge in [0.15, 0.2) is 0 Å². The van der Waals surface area contributed by atoms with Crippen molar-refractivity contribution in [3.63, 3.8) is 0 Å². The number of aromatic nitrogens is 5. The van der Waals surface area contributed by atoms with Crippen molar-refractivity contribution in [3.05, 3.63) is 92.0 Å². The van der Waals surface area contributed by atoms with Crippen molar-refractivity contribution in [2.75, 3.05) is 7.11 Å². The number of pyridine rings is 2. The average Bonchev–Trinajstić information content (AvgIpc) is 3.23. The van der Waals surface area contributed by atoms with Gasteiger partial charge in [-0.2, -0.15) is 0 Å². The number of imidazole rings is 1. The molecule has 1 aromatic carbocycles. The third kappa shape index (κ3) is 3.26. The summed E-state index contributed by atoms with van der Waals surface area (Å²) in [6, 6.07) is 7.74. The van der Waals surface area contributed by atoms with Crippen LogP contribution < -0.4 is 16.0 Å². The third-order valence-electron chi connectivity index (χ3n) is 5.46. The fraction of sp³-hybridized carbons (Fsp3) is 0.130. The van der Waals surface area contributed by atoms with Gasteiger partial charge >= 0.3 is 5.69 Å². The van der Waals surface area contributed by atoms with Crippen LogP contribution in [-0.4, -0.2) is 30.6 Å². The molecule has 0 radical (unpaired) electrons. The first-order valence-electron chi connectivity index (χ1n) is 10.2. The number of aryl methyl sites for hydroxylation is 1. The summed E-state index contributed by atoms with van der Waals surface area (Å²) in [5.41, 5.74) is -0.246. The summed E-state index contributed by atoms with van der Waals surface area (Å²) in [5, 5.41) is -0.172. The zero-order chi connectivity index (χ0) is 24.1. The molecule has 0 bridgehead atoms. The van der Waals surface area contributed by atoms with Crippen LogP contribution in [0.15, 0.2) is 58.4 Å². The van der Waals surface area contributed by atoms with E-state index in [1.165, 1.54) is 52.7 Å². The molecule has 0 amide bonds. The molecular weight excluding hydrogens is 468 g/mol. The molecular formula is C23H16ClF2N5O3. The molecule has 0 aliphatic rings. The van der Waals surface area contributed by atoms with Crippen molar-refractivity contribution in [3.8, 4) is 17.4 Å². The van der Waals surface area contributed by atoms with Crippen molar-refractivity contribution < 1.29 is 13.5 Å². The van der Waals surface area contributed by atoms with Crippen LogP contribution in [0.25, 0.3) is 28.1 Å². The van der Waals surface area contributed by atoms with Crippen molar-refractivity contribution >= 4 is 28.2 Å². The third-order valence-corrected chi connectivity index (χ3v) is 5.75. The topological polar surface area (TPSA) is 83.4 Å². The van der Waals surface area contributed by atoms with E-state index in [4.69, 9.17) is 16.3 Å². The number of methoxy groups -OCH3 is 1. The number of rotatable bonds is 4. The van der Waals surface area contributed by atoms with Crippen LogP contribution in [0.3, 0.4) is 0 Å². The van der Waals surface area contributed by atoms with Crippen molar-refractivity contribution in [1.29, 1.82) is 0 Å². The standard InChI is InChI=1S/C23H16ClF2N5O3/c1-3-13-9-17-20(21(28-13)34-2)22(32)31(19-11-27-18-8-12(25)6-7-29(18)19)23(33)30(17)14-4-5-16(26)15(24)10-14/h4-11H,3H2,1-2H3. The number of ether oxygens (including phenoxy) is 1. The first-order chi connectivity index (χ1) is 16.3. The number of fused-ring (bicyclic) bond motifs is 2. The second kappa shape index (κ2) is 8.07. The molecule has 5 rings (SSSR count). The Morgan fingerprint density at radius 3 is 2.59 bits per heavy atom. The summed E-state index contributed by atoms with van der Waals surface area (Å²) >= 11 is 6.00. The highest BCUT2D eigenvalue weighted by Gasteiger charge is 2.23. The van der Waals surface area contributed by atoms with E-state index >= 15 is 0 Å². The molecule has 172 valence electrons. The number of nitrogens with zero attached hydrogens (tertiary/aromatic N) is 5. The van der Waals surface area contributed by atoms with Crippen LogP contribution in [-0.2, 0) is 6.42 Å². The summed E-state index contributed by atoms with van der Waals surface area (Å²) in [5.74, 6) is -1.08. The van der Waals surface area contributed by atoms with Gasteiger partial charge in [0.25, 0.3) is 5.56 Å². The van der Waals surface area contributed by atoms with Crippen LogP contribution in [0.4, 0.5) is 8.78 Å². The Labute approximate surface area is 195 Å². The Morgan fingerprint density at radius 2 is 1.88 bits per heavy atom. The Morgan fingerprint density at radius 1 is 1.09 bits per heavy atom. The van der Waals surface area contributed by atoms with Gasteiger partial charge in [0.05, 0.1) is 29.5 Å². The highest BCUT2D eigenvalue weighted by atomic mass is 35.5. The largest absolute Gasteiger partial charge is 0.480 e. The molecule has 0 unspecified atom stereocenters. The van der Waals surface area contributed by atoms with Gasteiger partial charge in [-0.3, -0.25) is 13.8 Å². The highest BCUT2D eigenvalue weighted by Crippen LogP contribution is 2.26. The second-order valence-electron chi connectivity index (χ2n) is 7.42. The Kier molecular flexibility index (Phi) is 5.17. The lowest BCUT2D eigenvalue weighted by molar-refractivity contribution is 0.401. The number of halogens is 3. The normalized spacial score (nSPS) is 11.4. The molecule has 0 aliphatic carbocycles. The van der Waals surface area contributed by atoms with E-state index in [2.05, 4.69) is 9.97 Å². The highest BCUT2D eigenvalue weighted by molar-refractivity contribution is 6.30.